The Morgan fingerprint density at radius 1 is 0.302 bits per heavy atom. The first-order valence-corrected chi connectivity index (χ1v) is 47.8. The Morgan fingerprint density at radius 2 is 0.603 bits per heavy atom. The number of hydrogen-bond acceptors (Lipinski definition) is 38. The number of nitriles is 2. The molecule has 0 saturated heterocycles. The number of benzene rings is 10. The number of primary amides is 1. The molecular formula is C70H54ClN6O36S13-9. The van der Waals surface area contributed by atoms with Crippen molar-refractivity contribution in [2.45, 2.75) is 49.0 Å². The molecule has 0 aliphatic carbocycles. The largest absolute Gasteiger partial charge is 0.744 e. The zero-order valence-electron chi connectivity index (χ0n) is 62.3. The van der Waals surface area contributed by atoms with Crippen molar-refractivity contribution in [3.63, 3.8) is 0 Å². The van der Waals surface area contributed by atoms with Crippen LogP contribution in [-0.2, 0) is 101 Å². The maximum Gasteiger partial charge on any atom is 0.336 e. The van der Waals surface area contributed by atoms with Gasteiger partial charge < -0.3 is 79.2 Å². The Bertz CT molecular complexity index is 6660. The normalized spacial score (nSPS) is 11.1. The van der Waals surface area contributed by atoms with E-state index in [2.05, 4.69) is 36.7 Å². The molecule has 0 heterocycles. The molecule has 0 unspecified atom stereocenters. The summed E-state index contributed by atoms with van der Waals surface area (Å²) in [5.41, 5.74) is 21.1. The molecule has 56 heteroatoms. The molecule has 0 bridgehead atoms. The molecule has 0 spiro atoms. The number of thiocarbonyl (C=S) groups is 3. The predicted octanol–water partition coefficient (Wildman–Crippen LogP) is 3.90. The van der Waals surface area contributed by atoms with E-state index in [1.54, 1.807) is 18.2 Å². The fraction of sp³-hybridized carbons (Fsp3) is 0.0143. The molecule has 11 N–H and O–H groups in total. The Labute approximate surface area is 739 Å². The van der Waals surface area contributed by atoms with E-state index >= 15 is 0 Å². The third kappa shape index (κ3) is 41.3. The number of hydrogen-bond donors (Lipinski definition) is 7. The Balaban J connectivity index is 0.000000700. The van der Waals surface area contributed by atoms with Crippen molar-refractivity contribution in [3.8, 4) is 12.1 Å². The molecule has 1 amide bonds. The minimum atomic E-state index is -4.71. The molecule has 10 aromatic carbocycles. The maximum atomic E-state index is 11.0. The minimum absolute atomic E-state index is 0.00285. The average Bonchev–Trinajstić information content (AvgIpc) is 0.821. The molecular weight excluding hydrogens is 1950 g/mol. The van der Waals surface area contributed by atoms with E-state index < -0.39 is 150 Å². The molecule has 0 saturated carbocycles. The van der Waals surface area contributed by atoms with Crippen molar-refractivity contribution < 1.29 is 160 Å². The Morgan fingerprint density at radius 3 is 0.913 bits per heavy atom. The molecule has 0 atom stereocenters. The van der Waals surface area contributed by atoms with Crippen molar-refractivity contribution in [1.82, 2.24) is 0 Å². The third-order valence-electron chi connectivity index (χ3n) is 13.6. The highest BCUT2D eigenvalue weighted by Crippen LogP contribution is 2.20. The number of carboxylic acid groups (broad SMARTS) is 3. The summed E-state index contributed by atoms with van der Waals surface area (Å²) in [6.07, 6.45) is 1.04. The topological polar surface area (TPSA) is 830 Å². The number of rotatable bonds is 17. The number of aromatic carboxylic acids is 3. The number of nitrogens with zero attached hydrogens (tertiary/aromatic N) is 2. The summed E-state index contributed by atoms with van der Waals surface area (Å²) in [5, 5.41) is 42.8. The first-order chi connectivity index (χ1) is 57.5. The molecule has 0 radical (unpaired) electrons. The van der Waals surface area contributed by atoms with Crippen LogP contribution < -0.4 is 22.9 Å². The number of amides is 1. The van der Waals surface area contributed by atoms with Crippen LogP contribution in [0.2, 0.25) is 5.02 Å². The van der Waals surface area contributed by atoms with E-state index in [4.69, 9.17) is 60.4 Å². The van der Waals surface area contributed by atoms with Gasteiger partial charge in [-0.25, -0.2) is 98.6 Å². The lowest BCUT2D eigenvalue weighted by molar-refractivity contribution is 0.0683. The highest BCUT2D eigenvalue weighted by molar-refractivity contribution is 7.91. The molecule has 42 nitrogen and oxygen atoms in total. The zero-order valence-corrected chi connectivity index (χ0v) is 73.7. The molecule has 10 rings (SSSR count). The molecule has 0 fully saturated rings. The summed E-state index contributed by atoms with van der Waals surface area (Å²) >= 11 is 19.3. The van der Waals surface area contributed by atoms with Crippen molar-refractivity contribution in [1.29, 1.82) is 10.5 Å². The molecule has 0 aromatic heterocycles. The van der Waals surface area contributed by atoms with Gasteiger partial charge in [-0.05, 0) is 158 Å². The second-order valence-electron chi connectivity index (χ2n) is 22.6. The van der Waals surface area contributed by atoms with Crippen molar-refractivity contribution in [2.24, 2.45) is 22.9 Å². The number of carbonyl (C=O) groups is 4. The van der Waals surface area contributed by atoms with Gasteiger partial charge in [-0.3, -0.25) is 4.79 Å². The van der Waals surface area contributed by atoms with Gasteiger partial charge >= 0.3 is 17.9 Å². The van der Waals surface area contributed by atoms with Gasteiger partial charge in [0.2, 0.25) is 5.91 Å². The lowest BCUT2D eigenvalue weighted by Crippen LogP contribution is -2.14. The SMILES string of the molecule is CS(=O)(=O)c1cccc(C(=O)O)c1.N#Cc1cccc(S(=O)(=O)[O-])c1.N#Cc1ccccc1S(=O)(=O)[O-].NC(=O)c1cccc(S(=O)(=O)[O-])c1.NC(=S)c1ccc(S(=O)(=O)[O-])cc1.NC(=S)c1cccc(S(=O)(=O)[O-])c1.NC(=S)c1ccccc1S(=O)(=O)[O-].O=C(O)c1ccc(S(=O)(=O)[O-])cc1.O=C(O)c1ccccc1S(=O)(=O)[O-].O=S(=O)([O-])c1ccc(Cl)cc1. The highest BCUT2D eigenvalue weighted by Gasteiger charge is 2.16. The van der Waals surface area contributed by atoms with Gasteiger partial charge in [0.25, 0.3) is 0 Å². The second-order valence-corrected chi connectivity index (χ2v) is 38.7. The van der Waals surface area contributed by atoms with Gasteiger partial charge in [0.05, 0.1) is 82.8 Å². The summed E-state index contributed by atoms with van der Waals surface area (Å²) in [5.74, 6) is -4.51. The number of halogens is 1. The van der Waals surface area contributed by atoms with E-state index in [1.165, 1.54) is 158 Å². The van der Waals surface area contributed by atoms with E-state index in [-0.39, 0.29) is 77.7 Å². The molecule has 0 aliphatic rings. The highest BCUT2D eigenvalue weighted by atomic mass is 35.5. The van der Waals surface area contributed by atoms with Crippen LogP contribution in [-0.4, -0.2) is 186 Å². The summed E-state index contributed by atoms with van der Waals surface area (Å²) in [6, 6.07) is 53.3. The van der Waals surface area contributed by atoms with Gasteiger partial charge in [-0.2, -0.15) is 10.5 Å². The summed E-state index contributed by atoms with van der Waals surface area (Å²) in [6.45, 7) is 0. The first-order valence-electron chi connectivity index (χ1n) is 31.7. The van der Waals surface area contributed by atoms with E-state index in [0.29, 0.717) is 16.1 Å². The number of sulfone groups is 1. The smallest absolute Gasteiger partial charge is 0.336 e. The lowest BCUT2D eigenvalue weighted by Gasteiger charge is -2.10. The molecule has 0 aliphatic heterocycles. The summed E-state index contributed by atoms with van der Waals surface area (Å²) in [7, 11) is -43.6. The van der Waals surface area contributed by atoms with Crippen LogP contribution in [0.1, 0.15) is 69.2 Å². The monoisotopic (exact) mass is 2000 g/mol. The number of carboxylic acids is 3. The summed E-state index contributed by atoms with van der Waals surface area (Å²) < 4.78 is 305. The van der Waals surface area contributed by atoms with Crippen molar-refractivity contribution >= 4 is 188 Å². The van der Waals surface area contributed by atoms with Crippen LogP contribution in [0, 0.1) is 22.7 Å². The van der Waals surface area contributed by atoms with Crippen molar-refractivity contribution in [3.05, 3.63) is 298 Å². The van der Waals surface area contributed by atoms with Crippen LogP contribution in [0.15, 0.2) is 292 Å². The van der Waals surface area contributed by atoms with Crippen LogP contribution in [0.25, 0.3) is 0 Å². The van der Waals surface area contributed by atoms with Gasteiger partial charge in [0.1, 0.15) is 112 Å². The van der Waals surface area contributed by atoms with E-state index in [9.17, 15) is 144 Å². The van der Waals surface area contributed by atoms with Gasteiger partial charge in [-0.15, -0.1) is 0 Å². The van der Waals surface area contributed by atoms with Gasteiger partial charge in [0.15, 0.2) is 9.84 Å². The van der Waals surface area contributed by atoms with Crippen LogP contribution in [0.4, 0.5) is 0 Å². The number of nitrogens with two attached hydrogens (primary N) is 4. The molecule has 126 heavy (non-hydrogen) atoms. The average molecular weight is 2010 g/mol. The summed E-state index contributed by atoms with van der Waals surface area (Å²) in [4.78, 5) is 38.4. The third-order valence-corrected chi connectivity index (χ3v) is 23.4. The van der Waals surface area contributed by atoms with Crippen LogP contribution in [0.3, 0.4) is 0 Å². The van der Waals surface area contributed by atoms with Crippen LogP contribution >= 0.6 is 48.3 Å². The van der Waals surface area contributed by atoms with Crippen LogP contribution in [0.5, 0.6) is 0 Å². The lowest BCUT2D eigenvalue weighted by atomic mass is 10.2. The predicted molar refractivity (Wildman–Crippen MR) is 441 cm³/mol. The quantitative estimate of drug-likeness (QED) is 0.0502. The standard InChI is InChI=1S/C8H8O4S.C7H7NO4S.3C7H7NO3S2.2C7H5NO3S.2C7H6O5S.C6H5ClO3S/c1-13(11,12)7-4-2-3-6(5-7)8(9)10;8-7(9)5-2-1-3-6(4-5)13(10,11)12;8-7(12)5-1-3-6(4-2-5)13(9,10)11;8-7(12)5-2-1-3-6(4-5)13(9,10)11;8-7(12)5-3-1-2-4-6(5)13(9,10)11;8-5-6-2-1-3-7(4-6)12(9,10)11;8-5-6-3-1-2-4-7(6)12(9,10)11;8-7(9)5-1-3-6(4-2-5)13(10,11)12;8-7(9)5-3-1-2-4-6(5)13(10,11)12;7-5-1-3-6(4-2-5)11(8,9)10/h2-5H,1H3,(H,9,10);1-4H,(H2,8,9)(H,10,11,12);3*1-4H,(H2,8,12)(H,9,10,11);2*1-4H,(H,9,10,11);2*1-4H,(H,8,9)(H,10,11,12);1-4H,(H,8,9,10)/p-9. The molecule has 10 aromatic rings. The fourth-order valence-electron chi connectivity index (χ4n) is 7.87. The second kappa shape index (κ2) is 48.6. The van der Waals surface area contributed by atoms with Gasteiger partial charge in [0, 0.05) is 33.5 Å². The Kier molecular flexibility index (Phi) is 43.3. The first kappa shape index (κ1) is 112. The van der Waals surface area contributed by atoms with Crippen molar-refractivity contribution in [2.75, 3.05) is 6.26 Å². The fourth-order valence-corrected chi connectivity index (χ4v) is 14.1. The molecule has 674 valence electrons. The maximum absolute atomic E-state index is 11.0. The number of carbonyl (C=O) groups excluding carboxylic acids is 1. The van der Waals surface area contributed by atoms with Gasteiger partial charge in [-0.1, -0.05) is 133 Å². The van der Waals surface area contributed by atoms with E-state index in [0.717, 1.165) is 85.1 Å². The Hall–Kier alpha value is -11.8. The van der Waals surface area contributed by atoms with E-state index in [1.807, 2.05) is 0 Å². The minimum Gasteiger partial charge on any atom is -0.744 e. The zero-order chi connectivity index (χ0) is 97.3.